The first-order chi connectivity index (χ1) is 15.0. The first-order valence-electron chi connectivity index (χ1n) is 10.6. The molecule has 0 N–H and O–H groups in total. The van der Waals surface area contributed by atoms with E-state index in [4.69, 9.17) is 0 Å². The molecule has 31 heavy (non-hydrogen) atoms. The minimum absolute atomic E-state index is 0.0586. The third kappa shape index (κ3) is 4.88. The van der Waals surface area contributed by atoms with E-state index in [1.165, 1.54) is 0 Å². The molecule has 0 unspecified atom stereocenters. The lowest BCUT2D eigenvalue weighted by Gasteiger charge is -2.29. The first kappa shape index (κ1) is 21.3. The lowest BCUT2D eigenvalue weighted by atomic mass is 9.97. The highest BCUT2D eigenvalue weighted by molar-refractivity contribution is 7.91. The highest BCUT2D eigenvalue weighted by Crippen LogP contribution is 2.28. The summed E-state index contributed by atoms with van der Waals surface area (Å²) in [7, 11) is -3.06. The summed E-state index contributed by atoms with van der Waals surface area (Å²) < 4.78 is 25.9. The van der Waals surface area contributed by atoms with Crippen molar-refractivity contribution < 1.29 is 13.2 Å². The van der Waals surface area contributed by atoms with Gasteiger partial charge in [0, 0.05) is 30.5 Å². The molecular formula is C24H27N3O3S. The molecular weight excluding hydrogens is 410 g/mol. The van der Waals surface area contributed by atoms with Crippen LogP contribution in [0, 0.1) is 0 Å². The van der Waals surface area contributed by atoms with Gasteiger partial charge >= 0.3 is 0 Å². The molecule has 162 valence electrons. The summed E-state index contributed by atoms with van der Waals surface area (Å²) in [5.41, 5.74) is 3.56. The molecule has 1 aromatic heterocycles. The summed E-state index contributed by atoms with van der Waals surface area (Å²) in [5.74, 6) is 0.119. The molecule has 7 heteroatoms. The average Bonchev–Trinajstić information content (AvgIpc) is 3.41. The maximum atomic E-state index is 13.5. The van der Waals surface area contributed by atoms with E-state index >= 15 is 0 Å². The van der Waals surface area contributed by atoms with Gasteiger partial charge in [0.2, 0.25) is 0 Å². The third-order valence-electron chi connectivity index (χ3n) is 5.70. The molecule has 4 rings (SSSR count). The van der Waals surface area contributed by atoms with Crippen LogP contribution >= 0.6 is 0 Å². The van der Waals surface area contributed by atoms with Gasteiger partial charge in [0.15, 0.2) is 9.84 Å². The van der Waals surface area contributed by atoms with Gasteiger partial charge in [-0.15, -0.1) is 0 Å². The van der Waals surface area contributed by atoms with Gasteiger partial charge in [0.05, 0.1) is 18.1 Å². The Kier molecular flexibility index (Phi) is 6.23. The van der Waals surface area contributed by atoms with Gasteiger partial charge in [-0.05, 0) is 41.7 Å². The van der Waals surface area contributed by atoms with Gasteiger partial charge in [0.1, 0.15) is 0 Å². The molecule has 2 aromatic carbocycles. The fourth-order valence-electron chi connectivity index (χ4n) is 4.16. The molecule has 0 spiro atoms. The zero-order valence-corrected chi connectivity index (χ0v) is 18.5. The quantitative estimate of drug-likeness (QED) is 0.566. The van der Waals surface area contributed by atoms with E-state index in [-0.39, 0.29) is 23.5 Å². The standard InChI is InChI=1S/C24H27N3O3S/c1-2-14-27(21-12-16-31(29,30)18-21)24(28)23-7-4-3-6-22(23)20-10-8-19(9-11-20)17-26-15-5-13-25-26/h3-11,13,15,21H,2,12,14,16-18H2,1H3/t21-/m1/s1. The smallest absolute Gasteiger partial charge is 0.254 e. The molecule has 0 aliphatic carbocycles. The van der Waals surface area contributed by atoms with Crippen LogP contribution in [0.15, 0.2) is 67.0 Å². The van der Waals surface area contributed by atoms with Gasteiger partial charge in [-0.3, -0.25) is 9.48 Å². The van der Waals surface area contributed by atoms with E-state index < -0.39 is 9.84 Å². The second-order valence-corrected chi connectivity index (χ2v) is 10.2. The Hall–Kier alpha value is -2.93. The Morgan fingerprint density at radius 3 is 2.55 bits per heavy atom. The molecule has 1 aliphatic heterocycles. The van der Waals surface area contributed by atoms with E-state index in [1.807, 2.05) is 72.4 Å². The zero-order valence-electron chi connectivity index (χ0n) is 17.6. The van der Waals surface area contributed by atoms with Crippen molar-refractivity contribution in [1.82, 2.24) is 14.7 Å². The molecule has 0 saturated carbocycles. The van der Waals surface area contributed by atoms with E-state index in [1.54, 1.807) is 11.1 Å². The van der Waals surface area contributed by atoms with Crippen LogP contribution in [0.25, 0.3) is 11.1 Å². The Labute approximate surface area is 183 Å². The van der Waals surface area contributed by atoms with E-state index in [0.717, 1.165) is 23.1 Å². The number of hydrogen-bond donors (Lipinski definition) is 0. The highest BCUT2D eigenvalue weighted by Gasteiger charge is 2.35. The maximum Gasteiger partial charge on any atom is 0.254 e. The minimum atomic E-state index is -3.06. The summed E-state index contributed by atoms with van der Waals surface area (Å²) in [6.45, 7) is 3.25. The molecule has 1 amide bonds. The third-order valence-corrected chi connectivity index (χ3v) is 7.45. The van der Waals surface area contributed by atoms with Crippen LogP contribution in [-0.2, 0) is 16.4 Å². The topological polar surface area (TPSA) is 72.3 Å². The molecule has 0 bridgehead atoms. The molecule has 1 fully saturated rings. The number of sulfone groups is 1. The van der Waals surface area contributed by atoms with Crippen molar-refractivity contribution in [3.8, 4) is 11.1 Å². The highest BCUT2D eigenvalue weighted by atomic mass is 32.2. The van der Waals surface area contributed by atoms with Gasteiger partial charge in [0.25, 0.3) is 5.91 Å². The Bertz CT molecular complexity index is 1140. The second-order valence-electron chi connectivity index (χ2n) is 8.00. The predicted molar refractivity (Wildman–Crippen MR) is 122 cm³/mol. The number of amides is 1. The van der Waals surface area contributed by atoms with Crippen LogP contribution in [0.3, 0.4) is 0 Å². The van der Waals surface area contributed by atoms with Crippen LogP contribution in [0.1, 0.15) is 35.7 Å². The van der Waals surface area contributed by atoms with Gasteiger partial charge in [-0.1, -0.05) is 49.4 Å². The molecule has 1 atom stereocenters. The van der Waals surface area contributed by atoms with Crippen LogP contribution in [0.5, 0.6) is 0 Å². The van der Waals surface area contributed by atoms with Gasteiger partial charge in [-0.25, -0.2) is 8.42 Å². The summed E-state index contributed by atoms with van der Waals surface area (Å²) in [4.78, 5) is 15.3. The summed E-state index contributed by atoms with van der Waals surface area (Å²) >= 11 is 0. The average molecular weight is 438 g/mol. The largest absolute Gasteiger partial charge is 0.335 e. The minimum Gasteiger partial charge on any atom is -0.335 e. The van der Waals surface area contributed by atoms with Crippen LogP contribution in [0.2, 0.25) is 0 Å². The van der Waals surface area contributed by atoms with Crippen molar-refractivity contribution in [2.75, 3.05) is 18.1 Å². The Balaban J connectivity index is 1.60. The van der Waals surface area contributed by atoms with Crippen molar-refractivity contribution in [2.24, 2.45) is 0 Å². The lowest BCUT2D eigenvalue weighted by molar-refractivity contribution is 0.0698. The van der Waals surface area contributed by atoms with Crippen LogP contribution in [-0.4, -0.2) is 53.1 Å². The number of nitrogens with zero attached hydrogens (tertiary/aromatic N) is 3. The molecule has 3 aromatic rings. The molecule has 2 heterocycles. The predicted octanol–water partition coefficient (Wildman–Crippen LogP) is 3.64. The Morgan fingerprint density at radius 1 is 1.13 bits per heavy atom. The van der Waals surface area contributed by atoms with Crippen molar-refractivity contribution in [3.05, 3.63) is 78.1 Å². The lowest BCUT2D eigenvalue weighted by Crippen LogP contribution is -2.41. The summed E-state index contributed by atoms with van der Waals surface area (Å²) in [6.07, 6.45) is 4.98. The Morgan fingerprint density at radius 2 is 1.90 bits per heavy atom. The van der Waals surface area contributed by atoms with Crippen LogP contribution in [0.4, 0.5) is 0 Å². The van der Waals surface area contributed by atoms with Gasteiger partial charge in [-0.2, -0.15) is 5.10 Å². The van der Waals surface area contributed by atoms with Crippen molar-refractivity contribution in [2.45, 2.75) is 32.4 Å². The van der Waals surface area contributed by atoms with E-state index in [2.05, 4.69) is 5.10 Å². The molecule has 1 aliphatic rings. The second kappa shape index (κ2) is 9.06. The number of carbonyl (C=O) groups is 1. The van der Waals surface area contributed by atoms with E-state index in [9.17, 15) is 13.2 Å². The zero-order chi connectivity index (χ0) is 21.8. The monoisotopic (exact) mass is 437 g/mol. The summed E-state index contributed by atoms with van der Waals surface area (Å²) in [6, 6.07) is 17.4. The van der Waals surface area contributed by atoms with E-state index in [0.29, 0.717) is 25.1 Å². The number of rotatable bonds is 7. The van der Waals surface area contributed by atoms with Crippen LogP contribution < -0.4 is 0 Å². The normalized spacial score (nSPS) is 17.5. The number of hydrogen-bond acceptors (Lipinski definition) is 4. The number of carbonyl (C=O) groups excluding carboxylic acids is 1. The molecule has 1 saturated heterocycles. The number of aromatic nitrogens is 2. The number of benzene rings is 2. The first-order valence-corrected chi connectivity index (χ1v) is 12.5. The maximum absolute atomic E-state index is 13.5. The SMILES string of the molecule is CCCN(C(=O)c1ccccc1-c1ccc(Cn2cccn2)cc1)[C@@H]1CCS(=O)(=O)C1. The van der Waals surface area contributed by atoms with Crippen molar-refractivity contribution >= 4 is 15.7 Å². The fraction of sp³-hybridized carbons (Fsp3) is 0.333. The van der Waals surface area contributed by atoms with Crippen molar-refractivity contribution in [3.63, 3.8) is 0 Å². The fourth-order valence-corrected chi connectivity index (χ4v) is 5.89. The summed E-state index contributed by atoms with van der Waals surface area (Å²) in [5, 5.41) is 4.24. The van der Waals surface area contributed by atoms with Crippen molar-refractivity contribution in [1.29, 1.82) is 0 Å². The molecule has 6 nitrogen and oxygen atoms in total. The molecule has 0 radical (unpaired) electrons. The van der Waals surface area contributed by atoms with Gasteiger partial charge < -0.3 is 4.90 Å².